The molecule has 1 atom stereocenters. The van der Waals surface area contributed by atoms with Crippen LogP contribution < -0.4 is 5.32 Å². The molecule has 1 aromatic rings. The molecular formula is C11H17NOS. The summed E-state index contributed by atoms with van der Waals surface area (Å²) in [5, 5.41) is 15.7. The zero-order chi connectivity index (χ0) is 10.0. The molecule has 78 valence electrons. The van der Waals surface area contributed by atoms with E-state index in [4.69, 9.17) is 0 Å². The van der Waals surface area contributed by atoms with Crippen molar-refractivity contribution in [2.75, 3.05) is 13.1 Å². The molecule has 2 rings (SSSR count). The first-order valence-electron chi connectivity index (χ1n) is 5.16. The number of β-amino-alcohol motifs (C(OH)–C–C–N with tert-alkyl or cyclic N) is 1. The molecule has 0 bridgehead atoms. The molecule has 1 aromatic heterocycles. The second-order valence-electron chi connectivity index (χ2n) is 4.21. The van der Waals surface area contributed by atoms with E-state index in [1.165, 1.54) is 10.4 Å². The zero-order valence-electron chi connectivity index (χ0n) is 8.55. The molecule has 2 N–H and O–H groups in total. The molecule has 1 saturated heterocycles. The van der Waals surface area contributed by atoms with Gasteiger partial charge < -0.3 is 10.4 Å². The average molecular weight is 211 g/mol. The van der Waals surface area contributed by atoms with Crippen molar-refractivity contribution in [2.24, 2.45) is 0 Å². The van der Waals surface area contributed by atoms with Gasteiger partial charge in [-0.2, -0.15) is 0 Å². The highest BCUT2D eigenvalue weighted by atomic mass is 32.1. The van der Waals surface area contributed by atoms with Gasteiger partial charge in [0.15, 0.2) is 0 Å². The van der Waals surface area contributed by atoms with E-state index in [0.717, 1.165) is 32.4 Å². The SMILES string of the molecule is Cc1ccsc1CC1(O)CCCNC1. The van der Waals surface area contributed by atoms with Crippen LogP contribution in [0.15, 0.2) is 11.4 Å². The molecule has 3 heteroatoms. The molecule has 0 aromatic carbocycles. The van der Waals surface area contributed by atoms with Crippen LogP contribution in [-0.4, -0.2) is 23.8 Å². The van der Waals surface area contributed by atoms with Gasteiger partial charge >= 0.3 is 0 Å². The molecule has 1 fully saturated rings. The van der Waals surface area contributed by atoms with Crippen LogP contribution in [0.2, 0.25) is 0 Å². The van der Waals surface area contributed by atoms with Gasteiger partial charge in [-0.25, -0.2) is 0 Å². The number of aliphatic hydroxyl groups is 1. The van der Waals surface area contributed by atoms with Crippen LogP contribution in [0.5, 0.6) is 0 Å². The first-order valence-corrected chi connectivity index (χ1v) is 6.04. The largest absolute Gasteiger partial charge is 0.388 e. The number of thiophene rings is 1. The quantitative estimate of drug-likeness (QED) is 0.780. The Bertz CT molecular complexity index is 302. The maximum absolute atomic E-state index is 10.3. The van der Waals surface area contributed by atoms with Gasteiger partial charge in [0, 0.05) is 17.8 Å². The monoisotopic (exact) mass is 211 g/mol. The minimum atomic E-state index is -0.506. The number of rotatable bonds is 2. The van der Waals surface area contributed by atoms with Gasteiger partial charge in [0.05, 0.1) is 5.60 Å². The fourth-order valence-corrected chi connectivity index (χ4v) is 3.03. The lowest BCUT2D eigenvalue weighted by Gasteiger charge is -2.32. The van der Waals surface area contributed by atoms with Crippen molar-refractivity contribution in [3.8, 4) is 0 Å². The summed E-state index contributed by atoms with van der Waals surface area (Å²) in [6.45, 7) is 3.90. The van der Waals surface area contributed by atoms with Crippen LogP contribution in [0.1, 0.15) is 23.3 Å². The third-order valence-electron chi connectivity index (χ3n) is 2.91. The molecule has 0 amide bonds. The molecular weight excluding hydrogens is 194 g/mol. The summed E-state index contributed by atoms with van der Waals surface area (Å²) >= 11 is 1.75. The molecule has 1 aliphatic rings. The van der Waals surface area contributed by atoms with Crippen LogP contribution in [0, 0.1) is 6.92 Å². The summed E-state index contributed by atoms with van der Waals surface area (Å²) in [5.74, 6) is 0. The predicted octanol–water partition coefficient (Wildman–Crippen LogP) is 1.71. The Morgan fingerprint density at radius 3 is 3.07 bits per heavy atom. The van der Waals surface area contributed by atoms with Crippen molar-refractivity contribution in [1.29, 1.82) is 0 Å². The van der Waals surface area contributed by atoms with Crippen molar-refractivity contribution in [3.63, 3.8) is 0 Å². The Labute approximate surface area is 89.0 Å². The lowest BCUT2D eigenvalue weighted by Crippen LogP contribution is -2.47. The molecule has 1 unspecified atom stereocenters. The Morgan fingerprint density at radius 1 is 1.64 bits per heavy atom. The van der Waals surface area contributed by atoms with Crippen molar-refractivity contribution in [2.45, 2.75) is 31.8 Å². The maximum Gasteiger partial charge on any atom is 0.0820 e. The summed E-state index contributed by atoms with van der Waals surface area (Å²) < 4.78 is 0. The fourth-order valence-electron chi connectivity index (χ4n) is 1.99. The van der Waals surface area contributed by atoms with Gasteiger partial charge in [-0.3, -0.25) is 0 Å². The number of hydrogen-bond acceptors (Lipinski definition) is 3. The molecule has 14 heavy (non-hydrogen) atoms. The first kappa shape index (κ1) is 10.1. The summed E-state index contributed by atoms with van der Waals surface area (Å²) in [4.78, 5) is 1.33. The Morgan fingerprint density at radius 2 is 2.50 bits per heavy atom. The minimum absolute atomic E-state index is 0.506. The van der Waals surface area contributed by atoms with E-state index in [1.54, 1.807) is 11.3 Å². The van der Waals surface area contributed by atoms with Crippen molar-refractivity contribution < 1.29 is 5.11 Å². The minimum Gasteiger partial charge on any atom is -0.388 e. The third-order valence-corrected chi connectivity index (χ3v) is 3.93. The van der Waals surface area contributed by atoms with Crippen LogP contribution >= 0.6 is 11.3 Å². The summed E-state index contributed by atoms with van der Waals surface area (Å²) in [6.07, 6.45) is 2.82. The van der Waals surface area contributed by atoms with E-state index in [2.05, 4.69) is 23.7 Å². The Kier molecular flexibility index (Phi) is 2.91. The highest BCUT2D eigenvalue weighted by Gasteiger charge is 2.29. The smallest absolute Gasteiger partial charge is 0.0820 e. The number of hydrogen-bond donors (Lipinski definition) is 2. The lowest BCUT2D eigenvalue weighted by atomic mass is 9.89. The standard InChI is InChI=1S/C11H17NOS/c1-9-3-6-14-10(9)7-11(13)4-2-5-12-8-11/h3,6,12-13H,2,4-5,7-8H2,1H3. The average Bonchev–Trinajstić information content (AvgIpc) is 2.52. The summed E-state index contributed by atoms with van der Waals surface area (Å²) in [7, 11) is 0. The van der Waals surface area contributed by atoms with Gasteiger partial charge in [0.1, 0.15) is 0 Å². The molecule has 0 spiro atoms. The van der Waals surface area contributed by atoms with Gasteiger partial charge in [-0.1, -0.05) is 0 Å². The van der Waals surface area contributed by atoms with Gasteiger partial charge in [0.25, 0.3) is 0 Å². The molecule has 1 aliphatic heterocycles. The first-order chi connectivity index (χ1) is 6.70. The Balaban J connectivity index is 2.05. The van der Waals surface area contributed by atoms with Crippen molar-refractivity contribution in [1.82, 2.24) is 5.32 Å². The molecule has 2 nitrogen and oxygen atoms in total. The van der Waals surface area contributed by atoms with E-state index in [9.17, 15) is 5.11 Å². The highest BCUT2D eigenvalue weighted by molar-refractivity contribution is 7.10. The fraction of sp³-hybridized carbons (Fsp3) is 0.636. The van der Waals surface area contributed by atoms with E-state index in [1.807, 2.05) is 0 Å². The third kappa shape index (κ3) is 2.16. The van der Waals surface area contributed by atoms with Crippen LogP contribution in [0.25, 0.3) is 0 Å². The summed E-state index contributed by atoms with van der Waals surface area (Å²) in [6, 6.07) is 2.12. The van der Waals surface area contributed by atoms with E-state index < -0.39 is 5.60 Å². The van der Waals surface area contributed by atoms with Gasteiger partial charge in [-0.05, 0) is 43.3 Å². The maximum atomic E-state index is 10.3. The van der Waals surface area contributed by atoms with Gasteiger partial charge in [-0.15, -0.1) is 11.3 Å². The normalized spacial score (nSPS) is 27.9. The van der Waals surface area contributed by atoms with Gasteiger partial charge in [0.2, 0.25) is 0 Å². The highest BCUT2D eigenvalue weighted by Crippen LogP contribution is 2.26. The van der Waals surface area contributed by atoms with Crippen molar-refractivity contribution >= 4 is 11.3 Å². The number of nitrogens with one attached hydrogen (secondary N) is 1. The lowest BCUT2D eigenvalue weighted by molar-refractivity contribution is 0.0175. The second kappa shape index (κ2) is 4.01. The number of aryl methyl sites for hydroxylation is 1. The van der Waals surface area contributed by atoms with Crippen LogP contribution in [-0.2, 0) is 6.42 Å². The Hall–Kier alpha value is -0.380. The van der Waals surface area contributed by atoms with Crippen LogP contribution in [0.4, 0.5) is 0 Å². The number of piperidine rings is 1. The predicted molar refractivity (Wildman–Crippen MR) is 59.8 cm³/mol. The zero-order valence-corrected chi connectivity index (χ0v) is 9.36. The van der Waals surface area contributed by atoms with Crippen molar-refractivity contribution in [3.05, 3.63) is 21.9 Å². The molecule has 0 saturated carbocycles. The molecule has 0 aliphatic carbocycles. The van der Waals surface area contributed by atoms with E-state index >= 15 is 0 Å². The second-order valence-corrected chi connectivity index (χ2v) is 5.21. The molecule has 2 heterocycles. The van der Waals surface area contributed by atoms with E-state index in [-0.39, 0.29) is 0 Å². The topological polar surface area (TPSA) is 32.3 Å². The molecule has 0 radical (unpaired) electrons. The van der Waals surface area contributed by atoms with Crippen LogP contribution in [0.3, 0.4) is 0 Å². The van der Waals surface area contributed by atoms with E-state index in [0.29, 0.717) is 0 Å². The summed E-state index contributed by atoms with van der Waals surface area (Å²) in [5.41, 5.74) is 0.808.